The van der Waals surface area contributed by atoms with Crippen LogP contribution in [0.2, 0.25) is 0 Å². The van der Waals surface area contributed by atoms with Crippen molar-refractivity contribution < 1.29 is 9.59 Å². The highest BCUT2D eigenvalue weighted by atomic mass is 16.2. The third-order valence-electron chi connectivity index (χ3n) is 5.76. The maximum Gasteiger partial charge on any atom is 0.250 e. The first-order valence-corrected chi connectivity index (χ1v) is 9.32. The topological polar surface area (TPSA) is 62.6 Å². The molecule has 2 fully saturated rings. The third kappa shape index (κ3) is 3.40. The third-order valence-corrected chi connectivity index (χ3v) is 5.76. The molecule has 4 rings (SSSR count). The second kappa shape index (κ2) is 6.75. The number of hydrogen-bond donors (Lipinski definition) is 0. The fraction of sp³-hybridized carbons (Fsp3) is 0.632. The molecule has 3 aliphatic rings. The summed E-state index contributed by atoms with van der Waals surface area (Å²) >= 11 is 0. The molecule has 2 bridgehead atoms. The lowest BCUT2D eigenvalue weighted by Crippen LogP contribution is -2.48. The van der Waals surface area contributed by atoms with Gasteiger partial charge in [-0.05, 0) is 31.2 Å². The Morgan fingerprint density at radius 1 is 1.08 bits per heavy atom. The molecule has 0 spiro atoms. The van der Waals surface area contributed by atoms with Gasteiger partial charge in [-0.3, -0.25) is 19.3 Å². The Bertz CT molecular complexity index is 736. The molecular weight excluding hydrogens is 318 g/mol. The number of aromatic nitrogens is 1. The molecule has 2 atom stereocenters. The van der Waals surface area contributed by atoms with Crippen LogP contribution in [0.1, 0.15) is 37.3 Å². The molecule has 6 nitrogen and oxygen atoms in total. The minimum Gasteiger partial charge on any atom is -0.342 e. The Kier molecular flexibility index (Phi) is 4.46. The molecule has 25 heavy (non-hydrogen) atoms. The van der Waals surface area contributed by atoms with E-state index < -0.39 is 0 Å². The second-order valence-electron chi connectivity index (χ2n) is 7.70. The van der Waals surface area contributed by atoms with Crippen molar-refractivity contribution in [2.45, 2.75) is 38.1 Å². The maximum absolute atomic E-state index is 12.4. The number of likely N-dealkylation sites (tertiary alicyclic amines) is 2. The van der Waals surface area contributed by atoms with Crippen molar-refractivity contribution in [1.29, 1.82) is 0 Å². The summed E-state index contributed by atoms with van der Waals surface area (Å²) in [5.74, 6) is 0.718. The van der Waals surface area contributed by atoms with E-state index >= 15 is 0 Å². The molecule has 0 aliphatic carbocycles. The molecule has 0 radical (unpaired) electrons. The summed E-state index contributed by atoms with van der Waals surface area (Å²) in [5, 5.41) is 0. The van der Waals surface area contributed by atoms with Crippen LogP contribution in [0.15, 0.2) is 23.0 Å². The van der Waals surface area contributed by atoms with Gasteiger partial charge in [-0.25, -0.2) is 0 Å². The van der Waals surface area contributed by atoms with Gasteiger partial charge in [-0.15, -0.1) is 0 Å². The molecule has 6 heteroatoms. The number of amides is 1. The largest absolute Gasteiger partial charge is 0.342 e. The molecule has 3 aliphatic heterocycles. The van der Waals surface area contributed by atoms with Crippen LogP contribution >= 0.6 is 0 Å². The average Bonchev–Trinajstić information content (AvgIpc) is 3.10. The Morgan fingerprint density at radius 2 is 1.88 bits per heavy atom. The molecule has 0 saturated carbocycles. The standard InChI is InChI=1S/C19H25N3O3/c23-16(9-19(25)21-6-1-2-7-21)13-20-10-14-8-15(12-20)17-4-3-5-18(24)22(17)11-14/h3-5,14-15H,1-2,6-13H2. The van der Waals surface area contributed by atoms with Crippen LogP contribution in [0.4, 0.5) is 0 Å². The molecular formula is C19H25N3O3. The van der Waals surface area contributed by atoms with E-state index in [-0.39, 0.29) is 23.7 Å². The first kappa shape index (κ1) is 16.5. The van der Waals surface area contributed by atoms with Crippen LogP contribution in [0.5, 0.6) is 0 Å². The number of Topliss-reactive ketones (excluding diaryl/α,β-unsaturated/α-hetero) is 1. The van der Waals surface area contributed by atoms with Crippen molar-refractivity contribution in [3.8, 4) is 0 Å². The molecule has 0 N–H and O–H groups in total. The molecule has 134 valence electrons. The lowest BCUT2D eigenvalue weighted by Gasteiger charge is -2.42. The number of nitrogens with zero attached hydrogens (tertiary/aromatic N) is 3. The molecule has 4 heterocycles. The number of carbonyl (C=O) groups excluding carboxylic acids is 2. The van der Waals surface area contributed by atoms with Gasteiger partial charge in [0.05, 0.1) is 13.0 Å². The SMILES string of the molecule is O=C(CC(=O)N1CCCC1)CN1CC2CC(C1)c1cccc(=O)n1C2. The Balaban J connectivity index is 1.38. The number of carbonyl (C=O) groups is 2. The zero-order valence-electron chi connectivity index (χ0n) is 14.5. The number of fused-ring (bicyclic) bond motifs is 4. The molecule has 2 saturated heterocycles. The van der Waals surface area contributed by atoms with Gasteiger partial charge in [-0.1, -0.05) is 6.07 Å². The Morgan fingerprint density at radius 3 is 2.68 bits per heavy atom. The summed E-state index contributed by atoms with van der Waals surface area (Å²) in [5.41, 5.74) is 1.17. The number of ketones is 1. The zero-order valence-corrected chi connectivity index (χ0v) is 14.5. The average molecular weight is 343 g/mol. The molecule has 1 amide bonds. The summed E-state index contributed by atoms with van der Waals surface area (Å²) in [4.78, 5) is 40.5. The van der Waals surface area contributed by atoms with Gasteiger partial charge in [0.25, 0.3) is 5.56 Å². The van der Waals surface area contributed by atoms with Crippen LogP contribution in [0.3, 0.4) is 0 Å². The summed E-state index contributed by atoms with van der Waals surface area (Å²) < 4.78 is 1.90. The van der Waals surface area contributed by atoms with Crippen molar-refractivity contribution in [2.75, 3.05) is 32.7 Å². The summed E-state index contributed by atoms with van der Waals surface area (Å²) in [6.07, 6.45) is 3.21. The number of hydrogen-bond acceptors (Lipinski definition) is 4. The molecule has 1 aromatic heterocycles. The van der Waals surface area contributed by atoms with Crippen LogP contribution in [-0.4, -0.2) is 58.8 Å². The number of pyridine rings is 1. The van der Waals surface area contributed by atoms with Crippen molar-refractivity contribution >= 4 is 11.7 Å². The molecule has 0 aromatic carbocycles. The van der Waals surface area contributed by atoms with E-state index in [4.69, 9.17) is 0 Å². The van der Waals surface area contributed by atoms with Crippen LogP contribution in [-0.2, 0) is 16.1 Å². The van der Waals surface area contributed by atoms with Crippen molar-refractivity contribution in [2.24, 2.45) is 5.92 Å². The summed E-state index contributed by atoms with van der Waals surface area (Å²) in [6, 6.07) is 5.48. The van der Waals surface area contributed by atoms with E-state index in [9.17, 15) is 14.4 Å². The zero-order chi connectivity index (χ0) is 17.4. The predicted molar refractivity (Wildman–Crippen MR) is 93.4 cm³/mol. The minimum absolute atomic E-state index is 0.0160. The van der Waals surface area contributed by atoms with Crippen molar-refractivity contribution in [3.63, 3.8) is 0 Å². The van der Waals surface area contributed by atoms with E-state index in [1.165, 1.54) is 0 Å². The van der Waals surface area contributed by atoms with E-state index in [1.807, 2.05) is 21.6 Å². The lowest BCUT2D eigenvalue weighted by molar-refractivity contribution is -0.135. The van der Waals surface area contributed by atoms with Crippen molar-refractivity contribution in [1.82, 2.24) is 14.4 Å². The van der Waals surface area contributed by atoms with Gasteiger partial charge < -0.3 is 9.47 Å². The highest BCUT2D eigenvalue weighted by Gasteiger charge is 2.35. The van der Waals surface area contributed by atoms with Gasteiger partial charge in [0.1, 0.15) is 0 Å². The number of piperidine rings is 1. The number of rotatable bonds is 4. The van der Waals surface area contributed by atoms with Gasteiger partial charge in [0.15, 0.2) is 5.78 Å². The first-order chi connectivity index (χ1) is 12.1. The fourth-order valence-corrected chi connectivity index (χ4v) is 4.68. The van der Waals surface area contributed by atoms with Gasteiger partial charge in [-0.2, -0.15) is 0 Å². The minimum atomic E-state index is -0.0170. The summed E-state index contributed by atoms with van der Waals surface area (Å²) in [7, 11) is 0. The fourth-order valence-electron chi connectivity index (χ4n) is 4.68. The van der Waals surface area contributed by atoms with Gasteiger partial charge in [0.2, 0.25) is 5.91 Å². The van der Waals surface area contributed by atoms with E-state index in [0.717, 1.165) is 57.7 Å². The summed E-state index contributed by atoms with van der Waals surface area (Å²) in [6.45, 7) is 4.31. The normalized spacial score (nSPS) is 25.7. The Labute approximate surface area is 147 Å². The lowest BCUT2D eigenvalue weighted by atomic mass is 9.83. The second-order valence-corrected chi connectivity index (χ2v) is 7.70. The molecule has 1 aromatic rings. The molecule has 2 unspecified atom stereocenters. The monoisotopic (exact) mass is 343 g/mol. The van der Waals surface area contributed by atoms with Gasteiger partial charge in [0, 0.05) is 50.4 Å². The highest BCUT2D eigenvalue weighted by Crippen LogP contribution is 2.34. The van der Waals surface area contributed by atoms with E-state index in [0.29, 0.717) is 18.4 Å². The van der Waals surface area contributed by atoms with E-state index in [1.54, 1.807) is 6.07 Å². The predicted octanol–water partition coefficient (Wildman–Crippen LogP) is 0.849. The maximum atomic E-state index is 12.4. The van der Waals surface area contributed by atoms with Crippen molar-refractivity contribution in [3.05, 3.63) is 34.2 Å². The quantitative estimate of drug-likeness (QED) is 0.761. The van der Waals surface area contributed by atoms with Crippen LogP contribution < -0.4 is 5.56 Å². The Hall–Kier alpha value is -1.95. The first-order valence-electron chi connectivity index (χ1n) is 9.32. The smallest absolute Gasteiger partial charge is 0.250 e. The van der Waals surface area contributed by atoms with Crippen LogP contribution in [0, 0.1) is 5.92 Å². The van der Waals surface area contributed by atoms with Gasteiger partial charge >= 0.3 is 0 Å². The highest BCUT2D eigenvalue weighted by molar-refractivity contribution is 5.99. The van der Waals surface area contributed by atoms with Crippen LogP contribution in [0.25, 0.3) is 0 Å². The van der Waals surface area contributed by atoms with E-state index in [2.05, 4.69) is 4.90 Å².